The number of carbonyl (C=O) groups excluding carboxylic acids is 2. The Hall–Kier alpha value is -2.98. The Labute approximate surface area is 167 Å². The molecule has 154 valence electrons. The highest BCUT2D eigenvalue weighted by Gasteiger charge is 2.43. The van der Waals surface area contributed by atoms with Gasteiger partial charge < -0.3 is 19.9 Å². The third kappa shape index (κ3) is 3.68. The lowest BCUT2D eigenvalue weighted by atomic mass is 9.95. The third-order valence-electron chi connectivity index (χ3n) is 5.81. The molecule has 10 heteroatoms. The summed E-state index contributed by atoms with van der Waals surface area (Å²) in [7, 11) is 1.65. The molecule has 1 saturated heterocycles. The summed E-state index contributed by atoms with van der Waals surface area (Å²) < 4.78 is 5.38. The van der Waals surface area contributed by atoms with Crippen molar-refractivity contribution in [2.45, 2.75) is 6.04 Å². The monoisotopic (exact) mass is 402 g/mol. The fourth-order valence-electron chi connectivity index (χ4n) is 4.05. The van der Waals surface area contributed by atoms with Crippen molar-refractivity contribution in [3.05, 3.63) is 51.2 Å². The zero-order chi connectivity index (χ0) is 20.5. The van der Waals surface area contributed by atoms with E-state index >= 15 is 0 Å². The summed E-state index contributed by atoms with van der Waals surface area (Å²) in [5.74, 6) is -0.0946. The second-order valence-corrected chi connectivity index (χ2v) is 7.49. The van der Waals surface area contributed by atoms with Gasteiger partial charge in [-0.05, 0) is 17.7 Å². The molecule has 0 saturated carbocycles. The minimum atomic E-state index is -0.609. The minimum absolute atomic E-state index is 0.0323. The van der Waals surface area contributed by atoms with E-state index < -0.39 is 11.0 Å². The van der Waals surface area contributed by atoms with E-state index in [9.17, 15) is 19.7 Å². The topological polar surface area (TPSA) is 109 Å². The molecule has 1 aromatic carbocycles. The maximum atomic E-state index is 13.2. The van der Waals surface area contributed by atoms with Gasteiger partial charge in [-0.1, -0.05) is 0 Å². The lowest BCUT2D eigenvalue weighted by molar-refractivity contribution is -0.907. The Morgan fingerprint density at radius 2 is 1.93 bits per heavy atom. The molecule has 0 aliphatic carbocycles. The number of non-ortho nitro benzene ring substituents is 1. The Balaban J connectivity index is 1.54. The molecular formula is C19H24N5O5+. The van der Waals surface area contributed by atoms with Crippen LogP contribution in [0.1, 0.15) is 11.6 Å². The molecule has 2 N–H and O–H groups in total. The second-order valence-electron chi connectivity index (χ2n) is 7.49. The van der Waals surface area contributed by atoms with Crippen LogP contribution in [-0.4, -0.2) is 79.6 Å². The van der Waals surface area contributed by atoms with Gasteiger partial charge >= 0.3 is 6.03 Å². The molecule has 4 rings (SSSR count). The Morgan fingerprint density at radius 1 is 1.24 bits per heavy atom. The molecule has 0 aromatic heterocycles. The molecule has 1 fully saturated rings. The van der Waals surface area contributed by atoms with Crippen LogP contribution in [0.2, 0.25) is 0 Å². The summed E-state index contributed by atoms with van der Waals surface area (Å²) >= 11 is 0. The van der Waals surface area contributed by atoms with Crippen molar-refractivity contribution in [3.63, 3.8) is 0 Å². The zero-order valence-corrected chi connectivity index (χ0v) is 16.2. The minimum Gasteiger partial charge on any atom is -0.370 e. The maximum Gasteiger partial charge on any atom is 0.322 e. The molecule has 0 bridgehead atoms. The fourth-order valence-corrected chi connectivity index (χ4v) is 4.05. The average Bonchev–Trinajstić information content (AvgIpc) is 3.07. The first-order valence-electron chi connectivity index (χ1n) is 9.68. The van der Waals surface area contributed by atoms with Gasteiger partial charge in [0.05, 0.1) is 55.1 Å². The van der Waals surface area contributed by atoms with Crippen LogP contribution in [0.4, 0.5) is 10.5 Å². The maximum absolute atomic E-state index is 13.2. The van der Waals surface area contributed by atoms with E-state index in [1.54, 1.807) is 24.1 Å². The van der Waals surface area contributed by atoms with Crippen LogP contribution in [0.25, 0.3) is 0 Å². The van der Waals surface area contributed by atoms with Crippen LogP contribution < -0.4 is 10.2 Å². The summed E-state index contributed by atoms with van der Waals surface area (Å²) in [6, 6.07) is 5.06. The third-order valence-corrected chi connectivity index (χ3v) is 5.81. The first kappa shape index (κ1) is 19.3. The summed E-state index contributed by atoms with van der Waals surface area (Å²) in [6.45, 7) is 5.17. The van der Waals surface area contributed by atoms with Crippen molar-refractivity contribution in [1.29, 1.82) is 0 Å². The van der Waals surface area contributed by atoms with Gasteiger partial charge in [-0.2, -0.15) is 0 Å². The van der Waals surface area contributed by atoms with Gasteiger partial charge in [-0.15, -0.1) is 0 Å². The lowest BCUT2D eigenvalue weighted by Gasteiger charge is -2.31. The SMILES string of the molecule is CN1C(=O)N[C@H](c2ccc([N+](=O)[O-])cc2)C2=C1CN(CC[NH+]1CCOCC1)C2=O. The molecular weight excluding hydrogens is 378 g/mol. The van der Waals surface area contributed by atoms with Gasteiger partial charge in [0.1, 0.15) is 13.1 Å². The van der Waals surface area contributed by atoms with Crippen molar-refractivity contribution in [1.82, 2.24) is 15.1 Å². The largest absolute Gasteiger partial charge is 0.370 e. The van der Waals surface area contributed by atoms with E-state index in [2.05, 4.69) is 5.32 Å². The number of nitro groups is 1. The number of amides is 3. The van der Waals surface area contributed by atoms with Crippen LogP contribution in [0.5, 0.6) is 0 Å². The van der Waals surface area contributed by atoms with E-state index in [0.29, 0.717) is 29.9 Å². The van der Waals surface area contributed by atoms with Crippen molar-refractivity contribution >= 4 is 17.6 Å². The average molecular weight is 402 g/mol. The van der Waals surface area contributed by atoms with Gasteiger partial charge in [-0.3, -0.25) is 19.8 Å². The molecule has 10 nitrogen and oxygen atoms in total. The summed E-state index contributed by atoms with van der Waals surface area (Å²) in [6.07, 6.45) is 0. The second kappa shape index (κ2) is 7.80. The standard InChI is InChI=1S/C19H23N5O5/c1-21-15-12-23(7-6-22-8-10-29-11-9-22)18(25)16(15)17(20-19(21)26)13-2-4-14(5-3-13)24(27)28/h2-5,17H,6-12H2,1H3,(H,20,26)/p+1/t17-/m1/s1. The van der Waals surface area contributed by atoms with E-state index in [0.717, 1.165) is 32.8 Å². The van der Waals surface area contributed by atoms with Gasteiger partial charge in [0.2, 0.25) is 0 Å². The molecule has 0 radical (unpaired) electrons. The normalized spacial score (nSPS) is 22.7. The molecule has 1 aromatic rings. The number of urea groups is 1. The highest BCUT2D eigenvalue weighted by Crippen LogP contribution is 2.35. The predicted octanol–water partition coefficient (Wildman–Crippen LogP) is -0.698. The van der Waals surface area contributed by atoms with Crippen LogP contribution in [0.3, 0.4) is 0 Å². The number of nitro benzene ring substituents is 1. The quantitative estimate of drug-likeness (QED) is 0.500. The smallest absolute Gasteiger partial charge is 0.322 e. The number of nitrogens with one attached hydrogen (secondary N) is 2. The first-order chi connectivity index (χ1) is 14.0. The molecule has 0 spiro atoms. The van der Waals surface area contributed by atoms with E-state index in [4.69, 9.17) is 4.74 Å². The van der Waals surface area contributed by atoms with E-state index in [1.165, 1.54) is 21.9 Å². The van der Waals surface area contributed by atoms with Crippen LogP contribution in [0, 0.1) is 10.1 Å². The number of quaternary nitrogens is 1. The van der Waals surface area contributed by atoms with Crippen molar-refractivity contribution < 1.29 is 24.1 Å². The van der Waals surface area contributed by atoms with E-state index in [-0.39, 0.29) is 17.6 Å². The highest BCUT2D eigenvalue weighted by atomic mass is 16.6. The van der Waals surface area contributed by atoms with Gasteiger partial charge in [0.15, 0.2) is 0 Å². The predicted molar refractivity (Wildman–Crippen MR) is 102 cm³/mol. The lowest BCUT2D eigenvalue weighted by Crippen LogP contribution is -3.14. The number of hydrogen-bond donors (Lipinski definition) is 2. The first-order valence-corrected chi connectivity index (χ1v) is 9.68. The number of rotatable bonds is 5. The summed E-state index contributed by atoms with van der Waals surface area (Å²) in [4.78, 5) is 40.7. The van der Waals surface area contributed by atoms with Crippen LogP contribution in [-0.2, 0) is 9.53 Å². The van der Waals surface area contributed by atoms with Gasteiger partial charge in [0.25, 0.3) is 11.6 Å². The molecule has 0 unspecified atom stereocenters. The number of nitrogens with zero attached hydrogens (tertiary/aromatic N) is 3. The molecule has 1 atom stereocenters. The number of benzene rings is 1. The number of morpholine rings is 1. The fraction of sp³-hybridized carbons (Fsp3) is 0.474. The molecule has 3 aliphatic rings. The molecule has 3 heterocycles. The Kier molecular flexibility index (Phi) is 5.20. The van der Waals surface area contributed by atoms with Crippen LogP contribution in [0.15, 0.2) is 35.5 Å². The summed E-state index contributed by atoms with van der Waals surface area (Å²) in [5, 5.41) is 13.8. The number of ether oxygens (including phenoxy) is 1. The van der Waals surface area contributed by atoms with Crippen molar-refractivity contribution in [3.8, 4) is 0 Å². The van der Waals surface area contributed by atoms with Crippen molar-refractivity contribution in [2.24, 2.45) is 0 Å². The van der Waals surface area contributed by atoms with Crippen LogP contribution >= 0.6 is 0 Å². The van der Waals surface area contributed by atoms with Gasteiger partial charge in [-0.25, -0.2) is 4.79 Å². The van der Waals surface area contributed by atoms with Gasteiger partial charge in [0, 0.05) is 19.2 Å². The van der Waals surface area contributed by atoms with E-state index in [1.807, 2.05) is 0 Å². The zero-order valence-electron chi connectivity index (χ0n) is 16.2. The Bertz CT molecular complexity index is 862. The summed E-state index contributed by atoms with van der Waals surface area (Å²) in [5.41, 5.74) is 1.85. The number of hydrogen-bond acceptors (Lipinski definition) is 5. The number of carbonyl (C=O) groups is 2. The Morgan fingerprint density at radius 3 is 2.59 bits per heavy atom. The molecule has 3 amide bonds. The number of likely N-dealkylation sites (N-methyl/N-ethyl adjacent to an activating group) is 1. The highest BCUT2D eigenvalue weighted by molar-refractivity contribution is 6.01. The van der Waals surface area contributed by atoms with Crippen molar-refractivity contribution in [2.75, 3.05) is 53.0 Å². The molecule has 29 heavy (non-hydrogen) atoms. The molecule has 3 aliphatic heterocycles.